The van der Waals surface area contributed by atoms with E-state index in [1.54, 1.807) is 0 Å². The van der Waals surface area contributed by atoms with E-state index < -0.39 is 0 Å². The quantitative estimate of drug-likeness (QED) is 0.766. The predicted molar refractivity (Wildman–Crippen MR) is 114 cm³/mol. The van der Waals surface area contributed by atoms with Crippen LogP contribution < -0.4 is 5.32 Å². The van der Waals surface area contributed by atoms with Gasteiger partial charge in [0, 0.05) is 25.2 Å². The Labute approximate surface area is 168 Å². The smallest absolute Gasteiger partial charge is 0.411 e. The number of hydrogen-bond donors (Lipinski definition) is 1. The number of likely N-dealkylation sites (N-methyl/N-ethyl adjacent to an activating group) is 1. The Balaban J connectivity index is 1.51. The van der Waals surface area contributed by atoms with Crippen LogP contribution in [0.25, 0.3) is 11.1 Å². The first-order chi connectivity index (χ1) is 13.4. The summed E-state index contributed by atoms with van der Waals surface area (Å²) < 4.78 is 6.67. The average Bonchev–Trinajstić information content (AvgIpc) is 2.68. The molecule has 1 saturated heterocycles. The van der Waals surface area contributed by atoms with Gasteiger partial charge >= 0.3 is 6.09 Å². The minimum Gasteiger partial charge on any atom is -0.446 e. The number of carbonyl (C=O) groups is 1. The highest BCUT2D eigenvalue weighted by molar-refractivity contribution is 5.91. The molecule has 5 nitrogen and oxygen atoms in total. The monoisotopic (exact) mass is 382 g/mol. The molecule has 1 aliphatic rings. The highest BCUT2D eigenvalue weighted by Crippen LogP contribution is 2.28. The van der Waals surface area contributed by atoms with E-state index in [0.29, 0.717) is 0 Å². The molecule has 28 heavy (non-hydrogen) atoms. The second-order valence-corrected chi connectivity index (χ2v) is 8.50. The van der Waals surface area contributed by atoms with Crippen molar-refractivity contribution in [3.63, 3.8) is 0 Å². The number of piperidine rings is 1. The molecular formula is C23H32N3O2+. The molecule has 1 fully saturated rings. The summed E-state index contributed by atoms with van der Waals surface area (Å²) in [6.45, 7) is 4.19. The molecule has 1 heterocycles. The van der Waals surface area contributed by atoms with Crippen molar-refractivity contribution in [1.29, 1.82) is 0 Å². The molecule has 1 N–H and O–H groups in total. The number of anilines is 1. The number of carbonyl (C=O) groups excluding carboxylic acids is 1. The summed E-state index contributed by atoms with van der Waals surface area (Å²) in [5.41, 5.74) is 2.85. The zero-order valence-electron chi connectivity index (χ0n) is 17.2. The van der Waals surface area contributed by atoms with Crippen molar-refractivity contribution in [2.45, 2.75) is 18.9 Å². The molecule has 0 aliphatic carbocycles. The molecule has 1 amide bonds. The summed E-state index contributed by atoms with van der Waals surface area (Å²) >= 11 is 0. The number of amides is 1. The Morgan fingerprint density at radius 2 is 1.68 bits per heavy atom. The van der Waals surface area contributed by atoms with Gasteiger partial charge in [0.1, 0.15) is 6.10 Å². The molecule has 0 atom stereocenters. The number of quaternary nitrogens is 1. The number of nitrogens with one attached hydrogen (secondary N) is 1. The van der Waals surface area contributed by atoms with E-state index in [9.17, 15) is 4.79 Å². The van der Waals surface area contributed by atoms with Crippen LogP contribution in [-0.4, -0.2) is 68.9 Å². The Kier molecular flexibility index (Phi) is 6.70. The lowest BCUT2D eigenvalue weighted by Crippen LogP contribution is -2.45. The summed E-state index contributed by atoms with van der Waals surface area (Å²) in [4.78, 5) is 14.9. The Morgan fingerprint density at radius 3 is 2.36 bits per heavy atom. The molecule has 0 saturated carbocycles. The van der Waals surface area contributed by atoms with Gasteiger partial charge in [-0.1, -0.05) is 48.5 Å². The molecule has 2 aromatic rings. The highest BCUT2D eigenvalue weighted by atomic mass is 16.6. The van der Waals surface area contributed by atoms with Crippen molar-refractivity contribution in [2.24, 2.45) is 0 Å². The van der Waals surface area contributed by atoms with Gasteiger partial charge in [-0.2, -0.15) is 0 Å². The lowest BCUT2D eigenvalue weighted by molar-refractivity contribution is -0.869. The van der Waals surface area contributed by atoms with Crippen molar-refractivity contribution in [3.8, 4) is 11.1 Å². The van der Waals surface area contributed by atoms with Crippen LogP contribution in [0.15, 0.2) is 54.6 Å². The van der Waals surface area contributed by atoms with E-state index in [1.165, 1.54) is 0 Å². The predicted octanol–water partition coefficient (Wildman–Crippen LogP) is 4.07. The van der Waals surface area contributed by atoms with Gasteiger partial charge in [0.05, 0.1) is 33.4 Å². The van der Waals surface area contributed by atoms with Crippen LogP contribution in [0.3, 0.4) is 0 Å². The fraction of sp³-hybridized carbons (Fsp3) is 0.435. The van der Waals surface area contributed by atoms with Crippen LogP contribution in [0, 0.1) is 0 Å². The first kappa shape index (κ1) is 20.4. The number of hydrogen-bond acceptors (Lipinski definition) is 3. The van der Waals surface area contributed by atoms with Gasteiger partial charge in [0.15, 0.2) is 0 Å². The van der Waals surface area contributed by atoms with E-state index in [4.69, 9.17) is 4.74 Å². The summed E-state index contributed by atoms with van der Waals surface area (Å²) in [5.74, 6) is 0. The van der Waals surface area contributed by atoms with Crippen LogP contribution in [-0.2, 0) is 4.74 Å². The lowest BCUT2D eigenvalue weighted by Gasteiger charge is -2.33. The molecular weight excluding hydrogens is 350 g/mol. The maximum atomic E-state index is 12.5. The fourth-order valence-corrected chi connectivity index (χ4v) is 3.44. The standard InChI is InChI=1S/C23H31N3O2/c1-26(2,3)18-17-25-15-13-20(14-16-25)28-23(27)24-22-12-8-7-11-21(22)19-9-5-4-6-10-19/h4-12,20H,13-18H2,1-3H3/p+1. The van der Waals surface area contributed by atoms with Gasteiger partial charge in [0.2, 0.25) is 0 Å². The zero-order chi connectivity index (χ0) is 20.0. The topological polar surface area (TPSA) is 41.6 Å². The molecule has 5 heteroatoms. The summed E-state index contributed by atoms with van der Waals surface area (Å²) in [7, 11) is 6.65. The van der Waals surface area contributed by atoms with E-state index in [2.05, 4.69) is 31.4 Å². The minimum absolute atomic E-state index is 0.00994. The van der Waals surface area contributed by atoms with E-state index >= 15 is 0 Å². The molecule has 3 rings (SSSR count). The highest BCUT2D eigenvalue weighted by Gasteiger charge is 2.23. The van der Waals surface area contributed by atoms with Crippen LogP contribution in [0.4, 0.5) is 10.5 Å². The Bertz CT molecular complexity index is 763. The van der Waals surface area contributed by atoms with Gasteiger partial charge in [-0.25, -0.2) is 4.79 Å². The van der Waals surface area contributed by atoms with Gasteiger partial charge in [0.25, 0.3) is 0 Å². The van der Waals surface area contributed by atoms with Crippen molar-refractivity contribution < 1.29 is 14.0 Å². The molecule has 0 aromatic heterocycles. The van der Waals surface area contributed by atoms with Crippen molar-refractivity contribution >= 4 is 11.8 Å². The molecule has 0 spiro atoms. The van der Waals surface area contributed by atoms with Crippen LogP contribution in [0.2, 0.25) is 0 Å². The normalized spacial score (nSPS) is 16.0. The Morgan fingerprint density at radius 1 is 1.04 bits per heavy atom. The van der Waals surface area contributed by atoms with Crippen LogP contribution >= 0.6 is 0 Å². The molecule has 0 radical (unpaired) electrons. The van der Waals surface area contributed by atoms with Crippen LogP contribution in [0.1, 0.15) is 12.8 Å². The van der Waals surface area contributed by atoms with Crippen molar-refractivity contribution in [3.05, 3.63) is 54.6 Å². The fourth-order valence-electron chi connectivity index (χ4n) is 3.44. The summed E-state index contributed by atoms with van der Waals surface area (Å²) in [6.07, 6.45) is 1.41. The first-order valence-electron chi connectivity index (χ1n) is 10.1. The molecule has 150 valence electrons. The lowest BCUT2D eigenvalue weighted by atomic mass is 10.0. The third-order valence-corrected chi connectivity index (χ3v) is 5.14. The summed E-state index contributed by atoms with van der Waals surface area (Å²) in [5, 5.41) is 2.94. The first-order valence-corrected chi connectivity index (χ1v) is 10.1. The van der Waals surface area contributed by atoms with Crippen LogP contribution in [0.5, 0.6) is 0 Å². The maximum Gasteiger partial charge on any atom is 0.411 e. The van der Waals surface area contributed by atoms with E-state index in [-0.39, 0.29) is 12.2 Å². The number of para-hydroxylation sites is 1. The zero-order valence-corrected chi connectivity index (χ0v) is 17.2. The average molecular weight is 383 g/mol. The molecule has 2 aromatic carbocycles. The van der Waals surface area contributed by atoms with Gasteiger partial charge < -0.3 is 9.22 Å². The number of nitrogens with zero attached hydrogens (tertiary/aromatic N) is 2. The maximum absolute atomic E-state index is 12.5. The number of benzene rings is 2. The summed E-state index contributed by atoms with van der Waals surface area (Å²) in [6, 6.07) is 17.9. The van der Waals surface area contributed by atoms with Gasteiger partial charge in [-0.3, -0.25) is 10.2 Å². The SMILES string of the molecule is C[N+](C)(C)CCN1CCC(OC(=O)Nc2ccccc2-c2ccccc2)CC1. The molecule has 0 bridgehead atoms. The van der Waals surface area contributed by atoms with E-state index in [1.807, 2.05) is 54.6 Å². The number of rotatable bonds is 6. The third kappa shape index (κ3) is 6.08. The number of ether oxygens (including phenoxy) is 1. The van der Waals surface area contributed by atoms with Gasteiger partial charge in [-0.05, 0) is 24.5 Å². The largest absolute Gasteiger partial charge is 0.446 e. The van der Waals surface area contributed by atoms with Gasteiger partial charge in [-0.15, -0.1) is 0 Å². The Hall–Kier alpha value is -2.37. The molecule has 1 aliphatic heterocycles. The third-order valence-electron chi connectivity index (χ3n) is 5.14. The van der Waals surface area contributed by atoms with Crippen molar-refractivity contribution in [1.82, 2.24) is 4.90 Å². The molecule has 0 unspecified atom stereocenters. The van der Waals surface area contributed by atoms with E-state index in [0.717, 1.165) is 60.3 Å². The second-order valence-electron chi connectivity index (χ2n) is 8.50. The minimum atomic E-state index is -0.367. The number of likely N-dealkylation sites (tertiary alicyclic amines) is 1. The second kappa shape index (κ2) is 9.22. The van der Waals surface area contributed by atoms with Crippen molar-refractivity contribution in [2.75, 3.05) is 52.6 Å².